The van der Waals surface area contributed by atoms with E-state index in [2.05, 4.69) is 9.64 Å². The lowest BCUT2D eigenvalue weighted by Crippen LogP contribution is -2.62. The van der Waals surface area contributed by atoms with Gasteiger partial charge in [-0.25, -0.2) is 0 Å². The van der Waals surface area contributed by atoms with Crippen LogP contribution in [-0.2, 0) is 14.3 Å². The summed E-state index contributed by atoms with van der Waals surface area (Å²) in [5.74, 6) is -0.159. The largest absolute Gasteiger partial charge is 0.468 e. The molecular formula is C9H15NO3. The molecule has 0 unspecified atom stereocenters. The number of esters is 1. The van der Waals surface area contributed by atoms with Crippen molar-refractivity contribution in [3.8, 4) is 0 Å². The van der Waals surface area contributed by atoms with E-state index in [1.165, 1.54) is 7.11 Å². The average Bonchev–Trinajstić information content (AvgIpc) is 2.52. The van der Waals surface area contributed by atoms with Crippen LogP contribution in [0.5, 0.6) is 0 Å². The van der Waals surface area contributed by atoms with Gasteiger partial charge < -0.3 is 9.47 Å². The van der Waals surface area contributed by atoms with Gasteiger partial charge in [0.1, 0.15) is 0 Å². The van der Waals surface area contributed by atoms with Crippen LogP contribution in [0, 0.1) is 0 Å². The second kappa shape index (κ2) is 3.27. The smallest absolute Gasteiger partial charge is 0.319 e. The Bertz CT molecular complexity index is 203. The zero-order chi connectivity index (χ0) is 9.31. The Morgan fingerprint density at radius 3 is 2.92 bits per heavy atom. The van der Waals surface area contributed by atoms with Gasteiger partial charge in [0.05, 0.1) is 19.3 Å². The lowest BCUT2D eigenvalue weighted by molar-refractivity contribution is -0.152. The van der Waals surface area contributed by atoms with E-state index < -0.39 is 0 Å². The summed E-state index contributed by atoms with van der Waals surface area (Å²) in [4.78, 5) is 13.0. The van der Waals surface area contributed by atoms with Gasteiger partial charge in [0.15, 0.2) is 0 Å². The van der Waals surface area contributed by atoms with E-state index in [1.54, 1.807) is 0 Å². The highest BCUT2D eigenvalue weighted by molar-refractivity contribution is 5.71. The number of methoxy groups -OCH3 is 1. The molecule has 0 aromatic carbocycles. The first-order chi connectivity index (χ1) is 6.24. The van der Waals surface area contributed by atoms with Gasteiger partial charge in [-0.1, -0.05) is 0 Å². The van der Waals surface area contributed by atoms with Crippen LogP contribution in [0.4, 0.5) is 0 Å². The van der Waals surface area contributed by atoms with Crippen LogP contribution in [0.3, 0.4) is 0 Å². The third-order valence-corrected chi connectivity index (χ3v) is 2.79. The summed E-state index contributed by atoms with van der Waals surface area (Å²) < 4.78 is 10.2. The Balaban J connectivity index is 1.74. The minimum absolute atomic E-state index is 0.0913. The molecule has 2 aliphatic heterocycles. The molecule has 0 atom stereocenters. The molecule has 4 nitrogen and oxygen atoms in total. The van der Waals surface area contributed by atoms with Crippen LogP contribution in [0.15, 0.2) is 0 Å². The lowest BCUT2D eigenvalue weighted by Gasteiger charge is -2.46. The Morgan fingerprint density at radius 1 is 1.62 bits per heavy atom. The van der Waals surface area contributed by atoms with Gasteiger partial charge in [0.2, 0.25) is 0 Å². The van der Waals surface area contributed by atoms with Gasteiger partial charge >= 0.3 is 5.97 Å². The maximum Gasteiger partial charge on any atom is 0.319 e. The van der Waals surface area contributed by atoms with E-state index in [-0.39, 0.29) is 11.6 Å². The molecule has 0 amide bonds. The quantitative estimate of drug-likeness (QED) is 0.569. The molecule has 0 aromatic rings. The molecule has 13 heavy (non-hydrogen) atoms. The Labute approximate surface area is 77.8 Å². The predicted molar refractivity (Wildman–Crippen MR) is 46.4 cm³/mol. The average molecular weight is 185 g/mol. The summed E-state index contributed by atoms with van der Waals surface area (Å²) in [6, 6.07) is 0. The maximum absolute atomic E-state index is 10.9. The molecular weight excluding hydrogens is 170 g/mol. The molecule has 0 aliphatic carbocycles. The minimum atomic E-state index is -0.159. The molecule has 74 valence electrons. The third-order valence-electron chi connectivity index (χ3n) is 2.79. The van der Waals surface area contributed by atoms with Gasteiger partial charge in [-0.2, -0.15) is 0 Å². The number of likely N-dealkylation sites (tertiary alicyclic amines) is 1. The fourth-order valence-corrected chi connectivity index (χ4v) is 2.13. The number of hydrogen-bond donors (Lipinski definition) is 0. The van der Waals surface area contributed by atoms with Gasteiger partial charge in [0, 0.05) is 19.7 Å². The summed E-state index contributed by atoms with van der Waals surface area (Å²) in [5.41, 5.74) is 0.0913. The zero-order valence-corrected chi connectivity index (χ0v) is 7.91. The van der Waals surface area contributed by atoms with E-state index in [1.807, 2.05) is 0 Å². The Kier molecular flexibility index (Phi) is 2.26. The summed E-state index contributed by atoms with van der Waals surface area (Å²) >= 11 is 0. The van der Waals surface area contributed by atoms with E-state index >= 15 is 0 Å². The fourth-order valence-electron chi connectivity index (χ4n) is 2.13. The van der Waals surface area contributed by atoms with E-state index in [0.29, 0.717) is 6.54 Å². The van der Waals surface area contributed by atoms with Crippen LogP contribution >= 0.6 is 0 Å². The third kappa shape index (κ3) is 1.69. The molecule has 2 heterocycles. The van der Waals surface area contributed by atoms with Gasteiger partial charge in [-0.3, -0.25) is 9.69 Å². The molecule has 0 radical (unpaired) electrons. The first kappa shape index (κ1) is 8.97. The van der Waals surface area contributed by atoms with E-state index in [4.69, 9.17) is 4.74 Å². The second-order valence-corrected chi connectivity index (χ2v) is 3.86. The molecule has 4 heteroatoms. The maximum atomic E-state index is 10.9. The van der Waals surface area contributed by atoms with Crippen molar-refractivity contribution in [2.24, 2.45) is 0 Å². The molecule has 2 saturated heterocycles. The minimum Gasteiger partial charge on any atom is -0.468 e. The number of rotatable bonds is 2. The number of carbonyl (C=O) groups excluding carboxylic acids is 1. The van der Waals surface area contributed by atoms with Gasteiger partial charge in [-0.15, -0.1) is 0 Å². The topological polar surface area (TPSA) is 38.8 Å². The molecule has 0 aromatic heterocycles. The first-order valence-electron chi connectivity index (χ1n) is 4.67. The van der Waals surface area contributed by atoms with Crippen molar-refractivity contribution < 1.29 is 14.3 Å². The number of hydrogen-bond acceptors (Lipinski definition) is 4. The predicted octanol–water partition coefficient (Wildman–Crippen LogP) is 0.0242. The summed E-state index contributed by atoms with van der Waals surface area (Å²) in [5, 5.41) is 0. The van der Waals surface area contributed by atoms with Crippen molar-refractivity contribution in [1.29, 1.82) is 0 Å². The van der Waals surface area contributed by atoms with Crippen molar-refractivity contribution in [3.63, 3.8) is 0 Å². The van der Waals surface area contributed by atoms with Crippen LogP contribution < -0.4 is 0 Å². The lowest BCUT2D eigenvalue weighted by atomic mass is 9.91. The highest BCUT2D eigenvalue weighted by Crippen LogP contribution is 2.34. The summed E-state index contributed by atoms with van der Waals surface area (Å²) in [6.07, 6.45) is 2.30. The van der Waals surface area contributed by atoms with Crippen LogP contribution in [-0.4, -0.2) is 49.8 Å². The SMILES string of the molecule is COC(=O)CN1CC2(CCCO2)C1. The van der Waals surface area contributed by atoms with Gasteiger partial charge in [0.25, 0.3) is 0 Å². The monoisotopic (exact) mass is 185 g/mol. The normalized spacial score (nSPS) is 25.9. The van der Waals surface area contributed by atoms with E-state index in [0.717, 1.165) is 32.5 Å². The van der Waals surface area contributed by atoms with Crippen LogP contribution in [0.25, 0.3) is 0 Å². The van der Waals surface area contributed by atoms with Crippen molar-refractivity contribution in [2.75, 3.05) is 33.4 Å². The number of carbonyl (C=O) groups is 1. The molecule has 1 spiro atoms. The second-order valence-electron chi connectivity index (χ2n) is 3.86. The fraction of sp³-hybridized carbons (Fsp3) is 0.889. The highest BCUT2D eigenvalue weighted by Gasteiger charge is 2.46. The molecule has 2 rings (SSSR count). The van der Waals surface area contributed by atoms with Crippen molar-refractivity contribution in [3.05, 3.63) is 0 Å². The molecule has 0 N–H and O–H groups in total. The van der Waals surface area contributed by atoms with Crippen molar-refractivity contribution >= 4 is 5.97 Å². The zero-order valence-electron chi connectivity index (χ0n) is 7.91. The Morgan fingerprint density at radius 2 is 2.38 bits per heavy atom. The first-order valence-corrected chi connectivity index (χ1v) is 4.67. The molecule has 0 bridgehead atoms. The van der Waals surface area contributed by atoms with Crippen molar-refractivity contribution in [1.82, 2.24) is 4.90 Å². The van der Waals surface area contributed by atoms with E-state index in [9.17, 15) is 4.79 Å². The van der Waals surface area contributed by atoms with Crippen LogP contribution in [0.2, 0.25) is 0 Å². The van der Waals surface area contributed by atoms with Crippen molar-refractivity contribution in [2.45, 2.75) is 18.4 Å². The number of ether oxygens (including phenoxy) is 2. The molecule has 0 saturated carbocycles. The Hall–Kier alpha value is -0.610. The molecule has 2 fully saturated rings. The number of nitrogens with zero attached hydrogens (tertiary/aromatic N) is 1. The van der Waals surface area contributed by atoms with Crippen LogP contribution in [0.1, 0.15) is 12.8 Å². The summed E-state index contributed by atoms with van der Waals surface area (Å²) in [7, 11) is 1.42. The molecule has 2 aliphatic rings. The highest BCUT2D eigenvalue weighted by atomic mass is 16.5. The standard InChI is InChI=1S/C9H15NO3/c1-12-8(11)5-10-6-9(7-10)3-2-4-13-9/h2-7H2,1H3. The van der Waals surface area contributed by atoms with Gasteiger partial charge in [-0.05, 0) is 12.8 Å². The summed E-state index contributed by atoms with van der Waals surface area (Å²) in [6.45, 7) is 3.07.